The number of carbonyl (C=O) groups is 1. The fraction of sp³-hybridized carbons (Fsp3) is 0.364. The number of fused-ring (bicyclic) bond motifs is 1. The van der Waals surface area contributed by atoms with E-state index >= 15 is 4.79 Å². The summed E-state index contributed by atoms with van der Waals surface area (Å²) in [4.78, 5) is 24.2. The van der Waals surface area contributed by atoms with E-state index < -0.39 is 27.5 Å². The van der Waals surface area contributed by atoms with Gasteiger partial charge in [-0.25, -0.2) is 12.7 Å². The third-order valence-electron chi connectivity index (χ3n) is 9.29. The largest absolute Gasteiger partial charge is 0.497 e. The molecule has 2 fully saturated rings. The molecule has 1 amide bonds. The Kier molecular flexibility index (Phi) is 8.43. The van der Waals surface area contributed by atoms with E-state index in [9.17, 15) is 8.42 Å². The van der Waals surface area contributed by atoms with E-state index in [0.717, 1.165) is 36.0 Å². The Balaban J connectivity index is 1.48. The minimum atomic E-state index is -4.42. The van der Waals surface area contributed by atoms with Crippen molar-refractivity contribution in [1.82, 2.24) is 25.3 Å². The monoisotopic (exact) mass is 678 g/mol. The summed E-state index contributed by atoms with van der Waals surface area (Å²) in [6, 6.07) is 16.2. The van der Waals surface area contributed by atoms with Gasteiger partial charge in [0.1, 0.15) is 11.5 Å². The lowest BCUT2D eigenvalue weighted by molar-refractivity contribution is -0.127. The molecular formula is C33H35ClN6O6S. The zero-order valence-electron chi connectivity index (χ0n) is 26.1. The highest BCUT2D eigenvalue weighted by Gasteiger charge is 2.62. The predicted octanol–water partition coefficient (Wildman–Crippen LogP) is 3.96. The molecule has 2 saturated heterocycles. The van der Waals surface area contributed by atoms with Gasteiger partial charge in [0, 0.05) is 55.4 Å². The minimum Gasteiger partial charge on any atom is -0.497 e. The quantitative estimate of drug-likeness (QED) is 0.276. The SMILES string of the molecule is COc1ccc(S(=O)(=O)N2C(=O)C(c3cc(CN4CCNCC4)ccc3OC)(N3CCC[C@H]3c3ncon3)c3cc(Cl)ccc32)cc1. The van der Waals surface area contributed by atoms with Crippen LogP contribution in [0.5, 0.6) is 11.5 Å². The van der Waals surface area contributed by atoms with E-state index in [1.165, 1.54) is 25.6 Å². The number of amides is 1. The number of ether oxygens (including phenoxy) is 2. The van der Waals surface area contributed by atoms with Gasteiger partial charge in [-0.05, 0) is 73.0 Å². The average molecular weight is 679 g/mol. The van der Waals surface area contributed by atoms with Crippen molar-refractivity contribution < 1.29 is 27.2 Å². The Morgan fingerprint density at radius 1 is 1.00 bits per heavy atom. The van der Waals surface area contributed by atoms with Crippen LogP contribution in [0.2, 0.25) is 5.02 Å². The fourth-order valence-electron chi connectivity index (χ4n) is 7.16. The summed E-state index contributed by atoms with van der Waals surface area (Å²) in [7, 11) is -1.37. The van der Waals surface area contributed by atoms with Crippen LogP contribution in [0, 0.1) is 0 Å². The van der Waals surface area contributed by atoms with Gasteiger partial charge in [0.05, 0.1) is 30.8 Å². The van der Waals surface area contributed by atoms with Crippen molar-refractivity contribution in [3.63, 3.8) is 0 Å². The number of nitrogens with zero attached hydrogens (tertiary/aromatic N) is 5. The van der Waals surface area contributed by atoms with Crippen molar-refractivity contribution in [3.8, 4) is 11.5 Å². The van der Waals surface area contributed by atoms with Crippen LogP contribution in [0.1, 0.15) is 41.4 Å². The molecule has 7 rings (SSSR count). The standard InChI is InChI=1S/C33H35ClN6O6S/c1-44-24-7-9-25(10-8-24)47(42,43)40-28-11-6-23(34)19-26(28)33(32(40)41,39-15-3-4-29(39)31-36-21-46-37-31)27-18-22(5-12-30(27)45-2)20-38-16-13-35-14-17-38/h5-12,18-19,21,29,35H,3-4,13-17,20H2,1-2H3/t29-,33?/m0/s1. The van der Waals surface area contributed by atoms with Crippen LogP contribution in [-0.2, 0) is 26.9 Å². The lowest BCUT2D eigenvalue weighted by Gasteiger charge is -2.41. The maximum Gasteiger partial charge on any atom is 0.271 e. The van der Waals surface area contributed by atoms with Gasteiger partial charge in [-0.1, -0.05) is 22.8 Å². The Labute approximate surface area is 278 Å². The van der Waals surface area contributed by atoms with Crippen molar-refractivity contribution in [1.29, 1.82) is 0 Å². The predicted molar refractivity (Wildman–Crippen MR) is 174 cm³/mol. The van der Waals surface area contributed by atoms with E-state index in [-0.39, 0.29) is 10.6 Å². The van der Waals surface area contributed by atoms with Crippen LogP contribution in [-0.4, -0.2) is 81.2 Å². The molecule has 2 atom stereocenters. The topological polar surface area (TPSA) is 130 Å². The number of sulfonamides is 1. The lowest BCUT2D eigenvalue weighted by atomic mass is 9.80. The summed E-state index contributed by atoms with van der Waals surface area (Å²) in [5, 5.41) is 7.90. The number of hydrogen-bond donors (Lipinski definition) is 1. The molecule has 47 heavy (non-hydrogen) atoms. The van der Waals surface area contributed by atoms with Crippen LogP contribution in [0.4, 0.5) is 5.69 Å². The number of aromatic nitrogens is 2. The molecule has 0 aliphatic carbocycles. The molecule has 0 radical (unpaired) electrons. The fourth-order valence-corrected chi connectivity index (χ4v) is 8.79. The number of benzene rings is 3. The zero-order chi connectivity index (χ0) is 32.8. The molecule has 246 valence electrons. The molecule has 0 bridgehead atoms. The molecule has 3 aliphatic rings. The molecule has 1 unspecified atom stereocenters. The third kappa shape index (κ3) is 5.26. The number of piperazine rings is 1. The second kappa shape index (κ2) is 12.5. The summed E-state index contributed by atoms with van der Waals surface area (Å²) in [5.41, 5.74) is 0.449. The highest BCUT2D eigenvalue weighted by molar-refractivity contribution is 7.93. The van der Waals surface area contributed by atoms with E-state index in [0.29, 0.717) is 59.4 Å². The van der Waals surface area contributed by atoms with E-state index in [1.54, 1.807) is 37.4 Å². The molecule has 3 aliphatic heterocycles. The Hall–Kier alpha value is -4.01. The highest BCUT2D eigenvalue weighted by Crippen LogP contribution is 2.56. The van der Waals surface area contributed by atoms with Gasteiger partial charge < -0.3 is 19.3 Å². The summed E-state index contributed by atoms with van der Waals surface area (Å²) < 4.78 is 46.4. The van der Waals surface area contributed by atoms with Crippen molar-refractivity contribution in [2.24, 2.45) is 0 Å². The van der Waals surface area contributed by atoms with Crippen LogP contribution in [0.25, 0.3) is 0 Å². The number of anilines is 1. The molecule has 0 saturated carbocycles. The summed E-state index contributed by atoms with van der Waals surface area (Å²) in [5.74, 6) is 0.671. The number of carbonyl (C=O) groups excluding carboxylic acids is 1. The zero-order valence-corrected chi connectivity index (χ0v) is 27.6. The maximum atomic E-state index is 15.5. The van der Waals surface area contributed by atoms with Crippen molar-refractivity contribution >= 4 is 33.2 Å². The lowest BCUT2D eigenvalue weighted by Crippen LogP contribution is -2.55. The molecule has 12 nitrogen and oxygen atoms in total. The summed E-state index contributed by atoms with van der Waals surface area (Å²) >= 11 is 6.68. The first-order chi connectivity index (χ1) is 22.8. The maximum absolute atomic E-state index is 15.5. The Morgan fingerprint density at radius 3 is 2.49 bits per heavy atom. The minimum absolute atomic E-state index is 0.0566. The number of hydrogen-bond acceptors (Lipinski definition) is 11. The average Bonchev–Trinajstić information content (AvgIpc) is 3.84. The molecule has 4 heterocycles. The molecule has 1 N–H and O–H groups in total. The molecule has 0 spiro atoms. The molecule has 14 heteroatoms. The second-order valence-electron chi connectivity index (χ2n) is 11.8. The summed E-state index contributed by atoms with van der Waals surface area (Å²) in [6.07, 6.45) is 2.59. The summed E-state index contributed by atoms with van der Waals surface area (Å²) in [6.45, 7) is 4.62. The Morgan fingerprint density at radius 2 is 1.79 bits per heavy atom. The van der Waals surface area contributed by atoms with Crippen LogP contribution in [0.3, 0.4) is 0 Å². The molecular weight excluding hydrogens is 644 g/mol. The molecule has 4 aromatic rings. The van der Waals surface area contributed by atoms with Gasteiger partial charge >= 0.3 is 0 Å². The normalized spacial score (nSPS) is 22.1. The van der Waals surface area contributed by atoms with Crippen LogP contribution in [0.15, 0.2) is 76.5 Å². The number of nitrogens with one attached hydrogen (secondary N) is 1. The van der Waals surface area contributed by atoms with Crippen LogP contribution < -0.4 is 19.1 Å². The highest BCUT2D eigenvalue weighted by atomic mass is 35.5. The molecule has 3 aromatic carbocycles. The molecule has 1 aromatic heterocycles. The number of halogens is 1. The van der Waals surface area contributed by atoms with Gasteiger partial charge in [0.25, 0.3) is 15.9 Å². The second-order valence-corrected chi connectivity index (χ2v) is 14.0. The smallest absolute Gasteiger partial charge is 0.271 e. The number of likely N-dealkylation sites (tertiary alicyclic amines) is 1. The van der Waals surface area contributed by atoms with Crippen molar-refractivity contribution in [2.45, 2.75) is 35.9 Å². The first-order valence-corrected chi connectivity index (χ1v) is 17.3. The van der Waals surface area contributed by atoms with Crippen molar-refractivity contribution in [2.75, 3.05) is 51.2 Å². The first kappa shape index (κ1) is 31.6. The Bertz CT molecular complexity index is 1880. The first-order valence-electron chi connectivity index (χ1n) is 15.5. The van der Waals surface area contributed by atoms with E-state index in [1.807, 2.05) is 23.1 Å². The number of methoxy groups -OCH3 is 2. The van der Waals surface area contributed by atoms with Gasteiger partial charge in [-0.2, -0.15) is 4.98 Å². The van der Waals surface area contributed by atoms with E-state index in [4.69, 9.17) is 25.6 Å². The van der Waals surface area contributed by atoms with Gasteiger partial charge in [0.2, 0.25) is 6.39 Å². The number of rotatable bonds is 9. The van der Waals surface area contributed by atoms with Crippen LogP contribution >= 0.6 is 11.6 Å². The van der Waals surface area contributed by atoms with Gasteiger partial charge in [0.15, 0.2) is 11.4 Å². The van der Waals surface area contributed by atoms with E-state index in [2.05, 4.69) is 20.4 Å². The van der Waals surface area contributed by atoms with Gasteiger partial charge in [-0.3, -0.25) is 14.6 Å². The van der Waals surface area contributed by atoms with Gasteiger partial charge in [-0.15, -0.1) is 0 Å². The third-order valence-corrected chi connectivity index (χ3v) is 11.2. The van der Waals surface area contributed by atoms with Crippen molar-refractivity contribution in [3.05, 3.63) is 94.6 Å².